The Morgan fingerprint density at radius 2 is 1.96 bits per heavy atom. The summed E-state index contributed by atoms with van der Waals surface area (Å²) >= 11 is 6.00. The van der Waals surface area contributed by atoms with Crippen molar-refractivity contribution in [1.82, 2.24) is 4.90 Å². The highest BCUT2D eigenvalue weighted by molar-refractivity contribution is 6.30. The van der Waals surface area contributed by atoms with E-state index in [1.807, 2.05) is 30.1 Å². The Hall–Kier alpha value is -2.00. The van der Waals surface area contributed by atoms with Crippen LogP contribution in [0.2, 0.25) is 5.02 Å². The molecule has 3 nitrogen and oxygen atoms in total. The van der Waals surface area contributed by atoms with Gasteiger partial charge in [0.25, 0.3) is 5.91 Å². The van der Waals surface area contributed by atoms with E-state index in [2.05, 4.69) is 29.2 Å². The molecule has 2 aromatic carbocycles. The van der Waals surface area contributed by atoms with Gasteiger partial charge in [-0.2, -0.15) is 0 Å². The first kappa shape index (κ1) is 15.9. The topological polar surface area (TPSA) is 23.6 Å². The molecule has 0 aliphatic carbocycles. The van der Waals surface area contributed by atoms with Gasteiger partial charge in [0.2, 0.25) is 0 Å². The van der Waals surface area contributed by atoms with Crippen LogP contribution in [-0.4, -0.2) is 37.0 Å². The van der Waals surface area contributed by atoms with Crippen LogP contribution in [0.25, 0.3) is 0 Å². The molecule has 0 saturated carbocycles. The molecule has 0 aromatic heterocycles. The summed E-state index contributed by atoms with van der Waals surface area (Å²) in [6.45, 7) is 1.91. The normalized spacial score (nSPS) is 17.8. The minimum absolute atomic E-state index is 0.0346. The van der Waals surface area contributed by atoms with Crippen LogP contribution < -0.4 is 4.90 Å². The number of para-hydroxylation sites is 1. The number of amides is 1. The van der Waals surface area contributed by atoms with Crippen LogP contribution in [0.5, 0.6) is 0 Å². The molecular weight excluding hydrogens is 308 g/mol. The number of likely N-dealkylation sites (N-methyl/N-ethyl adjacent to an activating group) is 1. The van der Waals surface area contributed by atoms with Gasteiger partial charge in [0.1, 0.15) is 0 Å². The summed E-state index contributed by atoms with van der Waals surface area (Å²) in [4.78, 5) is 16.9. The molecule has 1 fully saturated rings. The molecule has 2 aromatic rings. The van der Waals surface area contributed by atoms with Gasteiger partial charge in [0, 0.05) is 42.5 Å². The Kier molecular flexibility index (Phi) is 4.87. The Labute approximate surface area is 142 Å². The minimum atomic E-state index is 0.0346. The first-order valence-electron chi connectivity index (χ1n) is 7.98. The standard InChI is InChI=1S/C19H21ClN2O/c1-21(19(23)15-7-5-8-16(20)13-15)18-11-6-12-22(14-18)17-9-3-2-4-10-17/h2-5,7-10,13,18H,6,11-12,14H2,1H3. The quantitative estimate of drug-likeness (QED) is 0.847. The van der Waals surface area contributed by atoms with Crippen LogP contribution in [0.3, 0.4) is 0 Å². The van der Waals surface area contributed by atoms with Crippen molar-refractivity contribution in [3.05, 3.63) is 65.2 Å². The molecule has 3 rings (SSSR count). The molecule has 1 aliphatic heterocycles. The number of rotatable bonds is 3. The van der Waals surface area contributed by atoms with Gasteiger partial charge in [-0.15, -0.1) is 0 Å². The second-order valence-electron chi connectivity index (χ2n) is 6.00. The second-order valence-corrected chi connectivity index (χ2v) is 6.44. The molecular formula is C19H21ClN2O. The zero-order chi connectivity index (χ0) is 16.2. The Bertz CT molecular complexity index is 674. The van der Waals surface area contributed by atoms with E-state index in [1.54, 1.807) is 12.1 Å². The summed E-state index contributed by atoms with van der Waals surface area (Å²) in [5.74, 6) is 0.0346. The van der Waals surface area contributed by atoms with E-state index in [9.17, 15) is 4.79 Å². The molecule has 0 spiro atoms. The van der Waals surface area contributed by atoms with Crippen molar-refractivity contribution >= 4 is 23.2 Å². The number of halogens is 1. The van der Waals surface area contributed by atoms with Gasteiger partial charge in [0.15, 0.2) is 0 Å². The summed E-state index contributed by atoms with van der Waals surface area (Å²) in [7, 11) is 1.89. The van der Waals surface area contributed by atoms with Crippen molar-refractivity contribution in [3.63, 3.8) is 0 Å². The van der Waals surface area contributed by atoms with Gasteiger partial charge in [-0.3, -0.25) is 4.79 Å². The van der Waals surface area contributed by atoms with Gasteiger partial charge in [-0.25, -0.2) is 0 Å². The first-order valence-corrected chi connectivity index (χ1v) is 8.35. The summed E-state index contributed by atoms with van der Waals surface area (Å²) in [6, 6.07) is 17.8. The molecule has 0 bridgehead atoms. The maximum absolute atomic E-state index is 12.7. The summed E-state index contributed by atoms with van der Waals surface area (Å²) in [5.41, 5.74) is 1.87. The minimum Gasteiger partial charge on any atom is -0.369 e. The van der Waals surface area contributed by atoms with Gasteiger partial charge in [-0.1, -0.05) is 35.9 Å². The van der Waals surface area contributed by atoms with E-state index in [1.165, 1.54) is 5.69 Å². The average Bonchev–Trinajstić information content (AvgIpc) is 2.61. The lowest BCUT2D eigenvalue weighted by atomic mass is 10.0. The monoisotopic (exact) mass is 328 g/mol. The number of anilines is 1. The van der Waals surface area contributed by atoms with Crippen LogP contribution in [0.4, 0.5) is 5.69 Å². The van der Waals surface area contributed by atoms with Crippen LogP contribution in [0.1, 0.15) is 23.2 Å². The maximum Gasteiger partial charge on any atom is 0.253 e. The zero-order valence-electron chi connectivity index (χ0n) is 13.3. The van der Waals surface area contributed by atoms with Crippen LogP contribution in [0, 0.1) is 0 Å². The fourth-order valence-corrected chi connectivity index (χ4v) is 3.33. The Balaban J connectivity index is 1.72. The number of piperidine rings is 1. The largest absolute Gasteiger partial charge is 0.369 e. The third kappa shape index (κ3) is 3.67. The van der Waals surface area contributed by atoms with Crippen molar-refractivity contribution in [2.45, 2.75) is 18.9 Å². The SMILES string of the molecule is CN(C(=O)c1cccc(Cl)c1)C1CCCN(c2ccccc2)C1. The average molecular weight is 329 g/mol. The molecule has 23 heavy (non-hydrogen) atoms. The number of hydrogen-bond acceptors (Lipinski definition) is 2. The third-order valence-corrected chi connectivity index (χ3v) is 4.69. The summed E-state index contributed by atoms with van der Waals surface area (Å²) in [6.07, 6.45) is 2.12. The highest BCUT2D eigenvalue weighted by Crippen LogP contribution is 2.23. The molecule has 120 valence electrons. The lowest BCUT2D eigenvalue weighted by Gasteiger charge is -2.39. The fourth-order valence-electron chi connectivity index (χ4n) is 3.14. The van der Waals surface area contributed by atoms with E-state index in [-0.39, 0.29) is 11.9 Å². The van der Waals surface area contributed by atoms with Crippen molar-refractivity contribution in [3.8, 4) is 0 Å². The van der Waals surface area contributed by atoms with E-state index in [0.29, 0.717) is 10.6 Å². The van der Waals surface area contributed by atoms with Gasteiger partial charge in [0.05, 0.1) is 0 Å². The molecule has 1 atom stereocenters. The lowest BCUT2D eigenvalue weighted by molar-refractivity contribution is 0.0717. The van der Waals surface area contributed by atoms with Gasteiger partial charge < -0.3 is 9.80 Å². The zero-order valence-corrected chi connectivity index (χ0v) is 14.0. The molecule has 1 amide bonds. The fraction of sp³-hybridized carbons (Fsp3) is 0.316. The molecule has 1 aliphatic rings. The molecule has 1 unspecified atom stereocenters. The lowest BCUT2D eigenvalue weighted by Crippen LogP contribution is -2.48. The maximum atomic E-state index is 12.7. The highest BCUT2D eigenvalue weighted by Gasteiger charge is 2.26. The predicted molar refractivity (Wildman–Crippen MR) is 95.2 cm³/mol. The predicted octanol–water partition coefficient (Wildman–Crippen LogP) is 4.08. The van der Waals surface area contributed by atoms with E-state index in [0.717, 1.165) is 25.9 Å². The number of benzene rings is 2. The highest BCUT2D eigenvalue weighted by atomic mass is 35.5. The third-order valence-electron chi connectivity index (χ3n) is 4.46. The molecule has 1 heterocycles. The number of nitrogens with zero attached hydrogens (tertiary/aromatic N) is 2. The molecule has 4 heteroatoms. The van der Waals surface area contributed by atoms with Crippen LogP contribution in [0.15, 0.2) is 54.6 Å². The summed E-state index contributed by atoms with van der Waals surface area (Å²) < 4.78 is 0. The van der Waals surface area contributed by atoms with E-state index in [4.69, 9.17) is 11.6 Å². The molecule has 0 radical (unpaired) electrons. The smallest absolute Gasteiger partial charge is 0.253 e. The van der Waals surface area contributed by atoms with Crippen LogP contribution in [-0.2, 0) is 0 Å². The van der Waals surface area contributed by atoms with Crippen LogP contribution >= 0.6 is 11.6 Å². The Morgan fingerprint density at radius 3 is 2.70 bits per heavy atom. The van der Waals surface area contributed by atoms with Crippen molar-refractivity contribution in [1.29, 1.82) is 0 Å². The van der Waals surface area contributed by atoms with E-state index < -0.39 is 0 Å². The Morgan fingerprint density at radius 1 is 1.17 bits per heavy atom. The van der Waals surface area contributed by atoms with Gasteiger partial charge >= 0.3 is 0 Å². The molecule has 1 saturated heterocycles. The molecule has 0 N–H and O–H groups in total. The number of carbonyl (C=O) groups excluding carboxylic acids is 1. The number of carbonyl (C=O) groups is 1. The van der Waals surface area contributed by atoms with Crippen molar-refractivity contribution < 1.29 is 4.79 Å². The summed E-state index contributed by atoms with van der Waals surface area (Å²) in [5, 5.41) is 0.596. The second kappa shape index (κ2) is 7.05. The van der Waals surface area contributed by atoms with Crippen molar-refractivity contribution in [2.75, 3.05) is 25.0 Å². The van der Waals surface area contributed by atoms with E-state index >= 15 is 0 Å². The van der Waals surface area contributed by atoms with Gasteiger partial charge in [-0.05, 0) is 43.2 Å². The van der Waals surface area contributed by atoms with Crippen molar-refractivity contribution in [2.24, 2.45) is 0 Å². The first-order chi connectivity index (χ1) is 11.1. The number of hydrogen-bond donors (Lipinski definition) is 0.